The molecule has 10 nitrogen and oxygen atoms in total. The number of anilines is 1. The molecule has 0 bridgehead atoms. The van der Waals surface area contributed by atoms with E-state index in [9.17, 15) is 14.4 Å². The molecule has 10 heteroatoms. The van der Waals surface area contributed by atoms with E-state index in [2.05, 4.69) is 42.7 Å². The Morgan fingerprint density at radius 2 is 1.43 bits per heavy atom. The van der Waals surface area contributed by atoms with E-state index in [4.69, 9.17) is 0 Å². The van der Waals surface area contributed by atoms with Crippen LogP contribution in [0.25, 0.3) is 33.6 Å². The van der Waals surface area contributed by atoms with Crippen LogP contribution in [0, 0.1) is 0 Å². The fraction of sp³-hybridized carbons (Fsp3) is 0.156. The quantitative estimate of drug-likeness (QED) is 0.181. The largest absolute Gasteiger partial charge is 0.343 e. The molecule has 3 amide bonds. The van der Waals surface area contributed by atoms with Crippen LogP contribution in [0.4, 0.5) is 5.95 Å². The van der Waals surface area contributed by atoms with Gasteiger partial charge in [-0.15, -0.1) is 0 Å². The van der Waals surface area contributed by atoms with Crippen LogP contribution in [0.1, 0.15) is 36.3 Å². The third-order valence-electron chi connectivity index (χ3n) is 7.56. The molecule has 3 aromatic carbocycles. The Balaban J connectivity index is 1.16. The molecular weight excluding hydrogens is 530 g/mol. The molecule has 210 valence electrons. The predicted molar refractivity (Wildman–Crippen MR) is 159 cm³/mol. The summed E-state index contributed by atoms with van der Waals surface area (Å²) in [5, 5.41) is 5.20. The molecule has 0 radical (unpaired) electrons. The molecule has 1 aliphatic heterocycles. The Morgan fingerprint density at radius 3 is 2.07 bits per heavy atom. The first-order valence-electron chi connectivity index (χ1n) is 13.7. The fourth-order valence-corrected chi connectivity index (χ4v) is 5.44. The number of carbonyl (C=O) groups excluding carboxylic acids is 3. The summed E-state index contributed by atoms with van der Waals surface area (Å²) in [6, 6.07) is 24.7. The van der Waals surface area contributed by atoms with Gasteiger partial charge in [-0.3, -0.25) is 19.7 Å². The van der Waals surface area contributed by atoms with Crippen LogP contribution in [0.2, 0.25) is 0 Å². The zero-order valence-corrected chi connectivity index (χ0v) is 22.7. The lowest BCUT2D eigenvalue weighted by Crippen LogP contribution is -2.40. The Labute approximate surface area is 242 Å². The van der Waals surface area contributed by atoms with Gasteiger partial charge in [0, 0.05) is 6.54 Å². The summed E-state index contributed by atoms with van der Waals surface area (Å²) in [7, 11) is 0. The third kappa shape index (κ3) is 5.42. The summed E-state index contributed by atoms with van der Waals surface area (Å²) < 4.78 is 0. The molecule has 1 unspecified atom stereocenters. The number of hydrogen-bond donors (Lipinski definition) is 4. The second-order valence-electron chi connectivity index (χ2n) is 10.1. The highest BCUT2D eigenvalue weighted by molar-refractivity contribution is 5.85. The highest BCUT2D eigenvalue weighted by Gasteiger charge is 2.36. The molecule has 42 heavy (non-hydrogen) atoms. The molecule has 3 heterocycles. The average molecular weight is 560 g/mol. The van der Waals surface area contributed by atoms with Gasteiger partial charge < -0.3 is 20.2 Å². The SMILES string of the molecule is O=CNc1ncc(-c2ccc(-c3ccc(-c4cnc(C5CCCN5C(=O)[C@H](NC=O)c5ccccc5)[nH]4)cc3)cc2)[nH]1. The summed E-state index contributed by atoms with van der Waals surface area (Å²) >= 11 is 0. The summed E-state index contributed by atoms with van der Waals surface area (Å²) in [6.45, 7) is 0.605. The van der Waals surface area contributed by atoms with Crippen molar-refractivity contribution >= 4 is 24.7 Å². The normalized spacial score (nSPS) is 15.2. The minimum absolute atomic E-state index is 0.144. The van der Waals surface area contributed by atoms with Crippen molar-refractivity contribution in [2.75, 3.05) is 11.9 Å². The van der Waals surface area contributed by atoms with Crippen molar-refractivity contribution in [3.63, 3.8) is 0 Å². The van der Waals surface area contributed by atoms with Gasteiger partial charge in [-0.05, 0) is 40.7 Å². The van der Waals surface area contributed by atoms with E-state index < -0.39 is 6.04 Å². The van der Waals surface area contributed by atoms with Crippen molar-refractivity contribution in [2.45, 2.75) is 24.9 Å². The second kappa shape index (κ2) is 11.9. The van der Waals surface area contributed by atoms with Gasteiger partial charge in [0.15, 0.2) is 0 Å². The second-order valence-corrected chi connectivity index (χ2v) is 10.1. The van der Waals surface area contributed by atoms with Gasteiger partial charge in [-0.2, -0.15) is 0 Å². The maximum absolute atomic E-state index is 13.5. The van der Waals surface area contributed by atoms with Gasteiger partial charge in [0.25, 0.3) is 0 Å². The standard InChI is InChI=1S/C32H29N7O3/c40-19-35-29(25-5-2-1-3-6-25)31(42)39-16-4-7-28(39)30-33-17-26(37-30)23-12-8-21(9-13-23)22-10-14-24(15-11-22)27-18-34-32(38-27)36-20-41/h1-3,5-6,8-15,17-20,28-29H,4,7,16H2,(H,33,37)(H,35,40)(H2,34,36,38,41)/t28?,29-/m1/s1. The number of H-pyrrole nitrogens is 2. The van der Waals surface area contributed by atoms with E-state index in [1.807, 2.05) is 71.6 Å². The van der Waals surface area contributed by atoms with Gasteiger partial charge in [0.1, 0.15) is 11.9 Å². The van der Waals surface area contributed by atoms with Gasteiger partial charge in [-0.25, -0.2) is 9.97 Å². The number of aromatic amines is 2. The molecule has 6 rings (SSSR count). The van der Waals surface area contributed by atoms with E-state index in [-0.39, 0.29) is 11.9 Å². The van der Waals surface area contributed by atoms with E-state index in [0.717, 1.165) is 57.9 Å². The zero-order valence-electron chi connectivity index (χ0n) is 22.7. The summed E-state index contributed by atoms with van der Waals surface area (Å²) in [5.74, 6) is 0.994. The Hall–Kier alpha value is -5.51. The molecule has 4 N–H and O–H groups in total. The molecule has 1 aliphatic rings. The lowest BCUT2D eigenvalue weighted by atomic mass is 10.0. The van der Waals surface area contributed by atoms with Crippen molar-refractivity contribution in [3.8, 4) is 33.6 Å². The van der Waals surface area contributed by atoms with Crippen molar-refractivity contribution in [1.82, 2.24) is 30.2 Å². The van der Waals surface area contributed by atoms with E-state index in [1.54, 1.807) is 12.4 Å². The van der Waals surface area contributed by atoms with Crippen LogP contribution in [0.5, 0.6) is 0 Å². The minimum atomic E-state index is -0.739. The van der Waals surface area contributed by atoms with Gasteiger partial charge in [0.2, 0.25) is 24.7 Å². The summed E-state index contributed by atoms with van der Waals surface area (Å²) in [5.41, 5.74) is 6.52. The molecule has 0 spiro atoms. The molecule has 1 saturated heterocycles. The Kier molecular flexibility index (Phi) is 7.58. The van der Waals surface area contributed by atoms with E-state index >= 15 is 0 Å². The molecule has 5 aromatic rings. The van der Waals surface area contributed by atoms with E-state index in [1.165, 1.54) is 0 Å². The van der Waals surface area contributed by atoms with Crippen LogP contribution >= 0.6 is 0 Å². The third-order valence-corrected chi connectivity index (χ3v) is 7.56. The monoisotopic (exact) mass is 559 g/mol. The number of rotatable bonds is 10. The zero-order chi connectivity index (χ0) is 28.9. The average Bonchev–Trinajstić information content (AvgIpc) is 3.82. The maximum Gasteiger partial charge on any atom is 0.250 e. The number of imidazole rings is 2. The van der Waals surface area contributed by atoms with Crippen LogP contribution in [0.3, 0.4) is 0 Å². The highest BCUT2D eigenvalue weighted by atomic mass is 16.2. The number of amides is 3. The molecule has 2 atom stereocenters. The lowest BCUT2D eigenvalue weighted by Gasteiger charge is -2.28. The molecule has 2 aromatic heterocycles. The lowest BCUT2D eigenvalue weighted by molar-refractivity contribution is -0.136. The number of benzene rings is 3. The predicted octanol–water partition coefficient (Wildman–Crippen LogP) is 4.85. The van der Waals surface area contributed by atoms with Crippen molar-refractivity contribution in [2.24, 2.45) is 0 Å². The highest BCUT2D eigenvalue weighted by Crippen LogP contribution is 2.34. The van der Waals surface area contributed by atoms with Crippen molar-refractivity contribution < 1.29 is 14.4 Å². The first-order valence-corrected chi connectivity index (χ1v) is 13.7. The van der Waals surface area contributed by atoms with Crippen molar-refractivity contribution in [3.05, 3.63) is 103 Å². The van der Waals surface area contributed by atoms with Gasteiger partial charge >= 0.3 is 0 Å². The fourth-order valence-electron chi connectivity index (χ4n) is 5.44. The maximum atomic E-state index is 13.5. The van der Waals surface area contributed by atoms with Gasteiger partial charge in [0.05, 0.1) is 29.8 Å². The smallest absolute Gasteiger partial charge is 0.250 e. The Morgan fingerprint density at radius 1 is 0.810 bits per heavy atom. The molecule has 0 saturated carbocycles. The number of nitrogens with zero attached hydrogens (tertiary/aromatic N) is 3. The van der Waals surface area contributed by atoms with Crippen LogP contribution in [-0.2, 0) is 14.4 Å². The summed E-state index contributed by atoms with van der Waals surface area (Å²) in [6.07, 6.45) is 6.30. The first-order chi connectivity index (χ1) is 20.6. The van der Waals surface area contributed by atoms with Gasteiger partial charge in [-0.1, -0.05) is 78.9 Å². The number of aromatic nitrogens is 4. The Bertz CT molecular complexity index is 1680. The number of likely N-dealkylation sites (tertiary alicyclic amines) is 1. The topological polar surface area (TPSA) is 136 Å². The van der Waals surface area contributed by atoms with Crippen molar-refractivity contribution in [1.29, 1.82) is 0 Å². The van der Waals surface area contributed by atoms with Crippen LogP contribution in [0.15, 0.2) is 91.3 Å². The molecular formula is C32H29N7O3. The summed E-state index contributed by atoms with van der Waals surface area (Å²) in [4.78, 5) is 52.6. The molecule has 1 fully saturated rings. The number of nitrogens with one attached hydrogen (secondary N) is 4. The molecule has 0 aliphatic carbocycles. The van der Waals surface area contributed by atoms with Crippen LogP contribution in [-0.4, -0.2) is 50.1 Å². The van der Waals surface area contributed by atoms with Crippen LogP contribution < -0.4 is 10.6 Å². The minimum Gasteiger partial charge on any atom is -0.343 e. The first kappa shape index (κ1) is 26.7. The van der Waals surface area contributed by atoms with E-state index in [0.29, 0.717) is 25.3 Å². The number of hydrogen-bond acceptors (Lipinski definition) is 5. The number of carbonyl (C=O) groups is 3.